The van der Waals surface area contributed by atoms with Crippen LogP contribution >= 0.6 is 11.3 Å². The average molecular weight is 417 g/mol. The lowest BCUT2D eigenvalue weighted by Crippen LogP contribution is -2.52. The number of carbonyl (C=O) groups is 1. The van der Waals surface area contributed by atoms with Crippen molar-refractivity contribution in [2.45, 2.75) is 19.6 Å². The number of hydrogen-bond donors (Lipinski definition) is 0. The summed E-state index contributed by atoms with van der Waals surface area (Å²) in [5, 5.41) is 3.20. The molecule has 2 aromatic rings. The summed E-state index contributed by atoms with van der Waals surface area (Å²) >= 11 is 1.69. The number of rotatable bonds is 6. The van der Waals surface area contributed by atoms with Crippen LogP contribution < -0.4 is 9.64 Å². The molecule has 8 heteroatoms. The second kappa shape index (κ2) is 9.56. The number of carbonyl (C=O) groups excluding carboxylic acids is 1. The molecule has 3 heterocycles. The molecule has 1 aromatic heterocycles. The molecule has 1 amide bonds. The molecule has 0 aliphatic carbocycles. The SMILES string of the molecule is CC(Oc1ccccc1)C(=O)N1CCN(c2nc(CN3CCOCC3)cs2)CC1. The molecule has 2 fully saturated rings. The molecule has 0 N–H and O–H groups in total. The Balaban J connectivity index is 1.26. The van der Waals surface area contributed by atoms with Gasteiger partial charge in [0.25, 0.3) is 5.91 Å². The smallest absolute Gasteiger partial charge is 0.263 e. The van der Waals surface area contributed by atoms with Crippen LogP contribution in [0.25, 0.3) is 0 Å². The molecule has 1 unspecified atom stereocenters. The summed E-state index contributed by atoms with van der Waals surface area (Å²) in [7, 11) is 0. The largest absolute Gasteiger partial charge is 0.481 e. The van der Waals surface area contributed by atoms with Crippen molar-refractivity contribution >= 4 is 22.4 Å². The maximum absolute atomic E-state index is 12.7. The summed E-state index contributed by atoms with van der Waals surface area (Å²) in [5.74, 6) is 0.767. The van der Waals surface area contributed by atoms with Crippen LogP contribution in [0.2, 0.25) is 0 Å². The van der Waals surface area contributed by atoms with Crippen LogP contribution in [-0.4, -0.2) is 79.3 Å². The first-order valence-corrected chi connectivity index (χ1v) is 11.1. The van der Waals surface area contributed by atoms with Crippen molar-refractivity contribution in [1.82, 2.24) is 14.8 Å². The van der Waals surface area contributed by atoms with E-state index in [9.17, 15) is 4.79 Å². The van der Waals surface area contributed by atoms with E-state index in [0.717, 1.165) is 62.5 Å². The van der Waals surface area contributed by atoms with Crippen molar-refractivity contribution in [3.05, 3.63) is 41.4 Å². The average Bonchev–Trinajstić information content (AvgIpc) is 3.23. The van der Waals surface area contributed by atoms with Crippen LogP contribution in [0.5, 0.6) is 5.75 Å². The van der Waals surface area contributed by atoms with E-state index in [4.69, 9.17) is 14.5 Å². The van der Waals surface area contributed by atoms with Gasteiger partial charge in [-0.1, -0.05) is 18.2 Å². The molecular weight excluding hydrogens is 388 g/mol. The van der Waals surface area contributed by atoms with Gasteiger partial charge in [-0.3, -0.25) is 9.69 Å². The van der Waals surface area contributed by atoms with Crippen molar-refractivity contribution in [2.24, 2.45) is 0 Å². The summed E-state index contributed by atoms with van der Waals surface area (Å²) in [4.78, 5) is 24.1. The fourth-order valence-electron chi connectivity index (χ4n) is 3.63. The molecule has 0 radical (unpaired) electrons. The zero-order chi connectivity index (χ0) is 20.1. The Bertz CT molecular complexity index is 786. The minimum Gasteiger partial charge on any atom is -0.481 e. The summed E-state index contributed by atoms with van der Waals surface area (Å²) in [5.41, 5.74) is 1.12. The Morgan fingerprint density at radius 3 is 2.59 bits per heavy atom. The second-order valence-corrected chi connectivity index (χ2v) is 8.23. The topological polar surface area (TPSA) is 58.1 Å². The molecule has 2 saturated heterocycles. The first-order chi connectivity index (χ1) is 14.2. The van der Waals surface area contributed by atoms with Gasteiger partial charge >= 0.3 is 0 Å². The summed E-state index contributed by atoms with van der Waals surface area (Å²) < 4.78 is 11.2. The van der Waals surface area contributed by atoms with E-state index in [0.29, 0.717) is 13.1 Å². The van der Waals surface area contributed by atoms with Crippen molar-refractivity contribution in [2.75, 3.05) is 57.4 Å². The highest BCUT2D eigenvalue weighted by Crippen LogP contribution is 2.23. The van der Waals surface area contributed by atoms with Crippen molar-refractivity contribution < 1.29 is 14.3 Å². The fourth-order valence-corrected chi connectivity index (χ4v) is 4.50. The van der Waals surface area contributed by atoms with Gasteiger partial charge in [0.15, 0.2) is 11.2 Å². The standard InChI is InChI=1S/C21H28N4O3S/c1-17(28-19-5-3-2-4-6-19)20(26)24-7-9-25(10-8-24)21-22-18(16-29-21)15-23-11-13-27-14-12-23/h2-6,16-17H,7-15H2,1H3. The predicted molar refractivity (Wildman–Crippen MR) is 114 cm³/mol. The van der Waals surface area contributed by atoms with Crippen LogP contribution in [0, 0.1) is 0 Å². The van der Waals surface area contributed by atoms with Gasteiger partial charge < -0.3 is 19.3 Å². The fraction of sp³-hybridized carbons (Fsp3) is 0.524. The van der Waals surface area contributed by atoms with Gasteiger partial charge in [0.1, 0.15) is 5.75 Å². The molecule has 2 aliphatic heterocycles. The number of benzene rings is 1. The van der Waals surface area contributed by atoms with Crippen LogP contribution in [0.4, 0.5) is 5.13 Å². The minimum atomic E-state index is -0.482. The van der Waals surface area contributed by atoms with E-state index in [-0.39, 0.29) is 5.91 Å². The normalized spacial score (nSPS) is 19.2. The molecule has 0 saturated carbocycles. The Morgan fingerprint density at radius 1 is 1.14 bits per heavy atom. The van der Waals surface area contributed by atoms with Gasteiger partial charge in [0.05, 0.1) is 18.9 Å². The third-order valence-electron chi connectivity index (χ3n) is 5.29. The Kier molecular flexibility index (Phi) is 6.63. The molecule has 2 aliphatic rings. The summed E-state index contributed by atoms with van der Waals surface area (Å²) in [6.45, 7) is 9.24. The minimum absolute atomic E-state index is 0.0423. The first-order valence-electron chi connectivity index (χ1n) is 10.2. The highest BCUT2D eigenvalue weighted by Gasteiger charge is 2.27. The number of thiazole rings is 1. The molecule has 0 bridgehead atoms. The zero-order valence-corrected chi connectivity index (χ0v) is 17.6. The number of piperazine rings is 1. The van der Waals surface area contributed by atoms with Gasteiger partial charge in [-0.05, 0) is 19.1 Å². The summed E-state index contributed by atoms with van der Waals surface area (Å²) in [6.07, 6.45) is -0.482. The van der Waals surface area contributed by atoms with E-state index >= 15 is 0 Å². The maximum Gasteiger partial charge on any atom is 0.263 e. The molecule has 1 atom stereocenters. The summed E-state index contributed by atoms with van der Waals surface area (Å²) in [6, 6.07) is 9.50. The van der Waals surface area contributed by atoms with E-state index < -0.39 is 6.10 Å². The van der Waals surface area contributed by atoms with Gasteiger partial charge in [-0.15, -0.1) is 11.3 Å². The van der Waals surface area contributed by atoms with Crippen LogP contribution in [0.15, 0.2) is 35.7 Å². The lowest BCUT2D eigenvalue weighted by Gasteiger charge is -2.35. The molecule has 156 valence electrons. The van der Waals surface area contributed by atoms with Gasteiger partial charge in [0, 0.05) is 51.2 Å². The maximum atomic E-state index is 12.7. The number of para-hydroxylation sites is 1. The van der Waals surface area contributed by atoms with E-state index in [1.807, 2.05) is 42.2 Å². The lowest BCUT2D eigenvalue weighted by molar-refractivity contribution is -0.138. The Morgan fingerprint density at radius 2 is 1.86 bits per heavy atom. The van der Waals surface area contributed by atoms with Crippen molar-refractivity contribution in [1.29, 1.82) is 0 Å². The molecule has 7 nitrogen and oxygen atoms in total. The monoisotopic (exact) mass is 416 g/mol. The van der Waals surface area contributed by atoms with E-state index in [1.54, 1.807) is 11.3 Å². The molecular formula is C21H28N4O3S. The highest BCUT2D eigenvalue weighted by atomic mass is 32.1. The number of nitrogens with zero attached hydrogens (tertiary/aromatic N) is 4. The number of amides is 1. The number of aromatic nitrogens is 1. The number of anilines is 1. The van der Waals surface area contributed by atoms with E-state index in [2.05, 4.69) is 15.2 Å². The van der Waals surface area contributed by atoms with Crippen molar-refractivity contribution in [3.63, 3.8) is 0 Å². The third-order valence-corrected chi connectivity index (χ3v) is 6.24. The highest BCUT2D eigenvalue weighted by molar-refractivity contribution is 7.13. The van der Waals surface area contributed by atoms with Gasteiger partial charge in [-0.25, -0.2) is 4.98 Å². The molecule has 0 spiro atoms. The second-order valence-electron chi connectivity index (χ2n) is 7.40. The van der Waals surface area contributed by atoms with Crippen LogP contribution in [-0.2, 0) is 16.1 Å². The molecule has 1 aromatic carbocycles. The zero-order valence-electron chi connectivity index (χ0n) is 16.8. The lowest BCUT2D eigenvalue weighted by atomic mass is 10.2. The third kappa shape index (κ3) is 5.26. The number of morpholine rings is 1. The van der Waals surface area contributed by atoms with Crippen LogP contribution in [0.1, 0.15) is 12.6 Å². The Labute approximate surface area is 175 Å². The predicted octanol–water partition coefficient (Wildman–Crippen LogP) is 2.09. The van der Waals surface area contributed by atoms with Gasteiger partial charge in [0.2, 0.25) is 0 Å². The number of ether oxygens (including phenoxy) is 2. The Hall–Kier alpha value is -2.16. The molecule has 4 rings (SSSR count). The number of hydrogen-bond acceptors (Lipinski definition) is 7. The van der Waals surface area contributed by atoms with Crippen LogP contribution in [0.3, 0.4) is 0 Å². The quantitative estimate of drug-likeness (QED) is 0.719. The van der Waals surface area contributed by atoms with Crippen molar-refractivity contribution in [3.8, 4) is 5.75 Å². The van der Waals surface area contributed by atoms with E-state index in [1.165, 1.54) is 0 Å². The first kappa shape index (κ1) is 20.1. The molecule has 29 heavy (non-hydrogen) atoms. The van der Waals surface area contributed by atoms with Gasteiger partial charge in [-0.2, -0.15) is 0 Å².